The van der Waals surface area contributed by atoms with Crippen LogP contribution in [-0.2, 0) is 11.2 Å². The number of nitrogens with one attached hydrogen (secondary N) is 1. The van der Waals surface area contributed by atoms with Gasteiger partial charge in [0.2, 0.25) is 5.91 Å². The van der Waals surface area contributed by atoms with Crippen molar-refractivity contribution in [2.75, 3.05) is 6.54 Å². The summed E-state index contributed by atoms with van der Waals surface area (Å²) in [6, 6.07) is 7.06. The third kappa shape index (κ3) is 6.01. The number of nitrogens with two attached hydrogens (primary N) is 1. The number of aliphatic hydroxyl groups is 1. The van der Waals surface area contributed by atoms with Gasteiger partial charge < -0.3 is 16.2 Å². The molecular weight excluding hydrogens is 244 g/mol. The minimum atomic E-state index is -0.697. The van der Waals surface area contributed by atoms with Crippen molar-refractivity contribution in [1.29, 1.82) is 0 Å². The number of carbonyl (C=O) groups excluding carboxylic acids is 2. The first-order valence-electron chi connectivity index (χ1n) is 6.16. The van der Waals surface area contributed by atoms with Gasteiger partial charge in [0.25, 0.3) is 5.91 Å². The molecule has 1 aromatic rings. The van der Waals surface area contributed by atoms with E-state index in [1.807, 2.05) is 12.1 Å². The monoisotopic (exact) mass is 264 g/mol. The van der Waals surface area contributed by atoms with E-state index in [-0.39, 0.29) is 12.5 Å². The van der Waals surface area contributed by atoms with E-state index < -0.39 is 11.5 Å². The molecule has 0 bridgehead atoms. The molecule has 0 aliphatic rings. The van der Waals surface area contributed by atoms with Gasteiger partial charge in [-0.25, -0.2) is 0 Å². The predicted molar refractivity (Wildman–Crippen MR) is 72.6 cm³/mol. The molecule has 104 valence electrons. The van der Waals surface area contributed by atoms with Crippen molar-refractivity contribution in [3.8, 4) is 0 Å². The average molecular weight is 264 g/mol. The number of amides is 2. The van der Waals surface area contributed by atoms with Crippen molar-refractivity contribution in [2.45, 2.75) is 32.3 Å². The summed E-state index contributed by atoms with van der Waals surface area (Å²) < 4.78 is 0. The molecule has 1 rings (SSSR count). The van der Waals surface area contributed by atoms with Gasteiger partial charge in [-0.3, -0.25) is 9.59 Å². The van der Waals surface area contributed by atoms with Crippen LogP contribution >= 0.6 is 0 Å². The number of hydrogen-bond donors (Lipinski definition) is 3. The van der Waals surface area contributed by atoms with E-state index in [4.69, 9.17) is 5.73 Å². The first-order chi connectivity index (χ1) is 8.78. The molecule has 0 saturated carbocycles. The van der Waals surface area contributed by atoms with Gasteiger partial charge in [0.1, 0.15) is 0 Å². The highest BCUT2D eigenvalue weighted by Gasteiger charge is 2.12. The van der Waals surface area contributed by atoms with Crippen LogP contribution in [0.3, 0.4) is 0 Å². The Morgan fingerprint density at radius 2 is 1.84 bits per heavy atom. The van der Waals surface area contributed by atoms with Crippen LogP contribution in [-0.4, -0.2) is 29.1 Å². The summed E-state index contributed by atoms with van der Waals surface area (Å²) in [4.78, 5) is 22.2. The Morgan fingerprint density at radius 3 is 2.32 bits per heavy atom. The molecule has 2 amide bonds. The van der Waals surface area contributed by atoms with Crippen molar-refractivity contribution in [2.24, 2.45) is 5.73 Å². The van der Waals surface area contributed by atoms with Crippen LogP contribution in [0.5, 0.6) is 0 Å². The maximum absolute atomic E-state index is 11.6. The number of hydrogen-bond acceptors (Lipinski definition) is 3. The lowest BCUT2D eigenvalue weighted by molar-refractivity contribution is -0.117. The van der Waals surface area contributed by atoms with Crippen LogP contribution in [0, 0.1) is 0 Å². The van der Waals surface area contributed by atoms with E-state index in [1.165, 1.54) is 0 Å². The normalized spacial score (nSPS) is 11.1. The quantitative estimate of drug-likeness (QED) is 0.702. The van der Waals surface area contributed by atoms with Crippen LogP contribution in [0.25, 0.3) is 0 Å². The van der Waals surface area contributed by atoms with E-state index >= 15 is 0 Å². The topological polar surface area (TPSA) is 92.4 Å². The Kier molecular flexibility index (Phi) is 5.06. The smallest absolute Gasteiger partial charge is 0.251 e. The predicted octanol–water partition coefficient (Wildman–Crippen LogP) is 0.605. The molecule has 4 N–H and O–H groups in total. The zero-order valence-corrected chi connectivity index (χ0v) is 11.3. The Labute approximate surface area is 112 Å². The molecule has 0 fully saturated rings. The molecule has 0 aromatic heterocycles. The number of carbonyl (C=O) groups is 2. The molecule has 1 aromatic carbocycles. The highest BCUT2D eigenvalue weighted by Crippen LogP contribution is 2.13. The second-order valence-corrected chi connectivity index (χ2v) is 5.16. The SMILES string of the molecule is CC(C)(O)CCc1ccc(C(=O)NCC(N)=O)cc1. The molecular formula is C14H20N2O3. The van der Waals surface area contributed by atoms with Gasteiger partial charge in [-0.2, -0.15) is 0 Å². The highest BCUT2D eigenvalue weighted by atomic mass is 16.3. The van der Waals surface area contributed by atoms with E-state index in [2.05, 4.69) is 5.32 Å². The van der Waals surface area contributed by atoms with Crippen LogP contribution < -0.4 is 11.1 Å². The maximum Gasteiger partial charge on any atom is 0.251 e. The minimum absolute atomic E-state index is 0.167. The summed E-state index contributed by atoms with van der Waals surface area (Å²) in [6.07, 6.45) is 1.40. The van der Waals surface area contributed by atoms with Crippen LogP contribution in [0.15, 0.2) is 24.3 Å². The minimum Gasteiger partial charge on any atom is -0.390 e. The largest absolute Gasteiger partial charge is 0.390 e. The molecule has 5 nitrogen and oxygen atoms in total. The summed E-state index contributed by atoms with van der Waals surface area (Å²) in [6.45, 7) is 3.36. The van der Waals surface area contributed by atoms with Crippen LogP contribution in [0.4, 0.5) is 0 Å². The van der Waals surface area contributed by atoms with E-state index in [0.717, 1.165) is 12.0 Å². The number of aryl methyl sites for hydroxylation is 1. The standard InChI is InChI=1S/C14H20N2O3/c1-14(2,19)8-7-10-3-5-11(6-4-10)13(18)16-9-12(15)17/h3-6,19H,7-9H2,1-2H3,(H2,15,17)(H,16,18). The molecule has 19 heavy (non-hydrogen) atoms. The summed E-state index contributed by atoms with van der Waals surface area (Å²) in [5.41, 5.74) is 5.78. The molecule has 0 radical (unpaired) electrons. The lowest BCUT2D eigenvalue weighted by Crippen LogP contribution is -2.33. The van der Waals surface area contributed by atoms with Gasteiger partial charge in [0, 0.05) is 5.56 Å². The van der Waals surface area contributed by atoms with Gasteiger partial charge in [-0.1, -0.05) is 12.1 Å². The Hall–Kier alpha value is -1.88. The lowest BCUT2D eigenvalue weighted by Gasteiger charge is -2.16. The summed E-state index contributed by atoms with van der Waals surface area (Å²) in [7, 11) is 0. The number of benzene rings is 1. The molecule has 5 heteroatoms. The van der Waals surface area contributed by atoms with Crippen LogP contribution in [0.1, 0.15) is 36.2 Å². The number of primary amides is 1. The third-order valence-electron chi connectivity index (χ3n) is 2.66. The van der Waals surface area contributed by atoms with E-state index in [1.54, 1.807) is 26.0 Å². The highest BCUT2D eigenvalue weighted by molar-refractivity contribution is 5.96. The fourth-order valence-electron chi connectivity index (χ4n) is 1.54. The lowest BCUT2D eigenvalue weighted by atomic mass is 9.98. The van der Waals surface area contributed by atoms with Gasteiger partial charge in [0.15, 0.2) is 0 Å². The van der Waals surface area contributed by atoms with Gasteiger partial charge in [-0.05, 0) is 44.4 Å². The second kappa shape index (κ2) is 6.33. The maximum atomic E-state index is 11.6. The third-order valence-corrected chi connectivity index (χ3v) is 2.66. The summed E-state index contributed by atoms with van der Waals surface area (Å²) in [5.74, 6) is -0.900. The molecule has 0 unspecified atom stereocenters. The average Bonchev–Trinajstić information content (AvgIpc) is 2.33. The van der Waals surface area contributed by atoms with Crippen molar-refractivity contribution in [3.05, 3.63) is 35.4 Å². The van der Waals surface area contributed by atoms with Gasteiger partial charge >= 0.3 is 0 Å². The van der Waals surface area contributed by atoms with Crippen molar-refractivity contribution >= 4 is 11.8 Å². The molecule has 0 atom stereocenters. The molecule has 0 spiro atoms. The zero-order valence-electron chi connectivity index (χ0n) is 11.3. The second-order valence-electron chi connectivity index (χ2n) is 5.16. The Bertz CT molecular complexity index is 447. The van der Waals surface area contributed by atoms with Crippen molar-refractivity contribution in [1.82, 2.24) is 5.32 Å². The van der Waals surface area contributed by atoms with Crippen LogP contribution in [0.2, 0.25) is 0 Å². The molecule has 0 aliphatic carbocycles. The van der Waals surface area contributed by atoms with Gasteiger partial charge in [-0.15, -0.1) is 0 Å². The fraction of sp³-hybridized carbons (Fsp3) is 0.429. The Morgan fingerprint density at radius 1 is 1.26 bits per heavy atom. The molecule has 0 saturated heterocycles. The fourth-order valence-corrected chi connectivity index (χ4v) is 1.54. The van der Waals surface area contributed by atoms with Gasteiger partial charge in [0.05, 0.1) is 12.1 Å². The first kappa shape index (κ1) is 15.2. The molecule has 0 heterocycles. The summed E-state index contributed by atoms with van der Waals surface area (Å²) in [5, 5.41) is 12.1. The van der Waals surface area contributed by atoms with Crippen molar-refractivity contribution < 1.29 is 14.7 Å². The Balaban J connectivity index is 2.56. The number of rotatable bonds is 6. The summed E-state index contributed by atoms with van der Waals surface area (Å²) >= 11 is 0. The van der Waals surface area contributed by atoms with Crippen molar-refractivity contribution in [3.63, 3.8) is 0 Å². The zero-order chi connectivity index (χ0) is 14.5. The first-order valence-corrected chi connectivity index (χ1v) is 6.16. The van der Waals surface area contributed by atoms with E-state index in [9.17, 15) is 14.7 Å². The molecule has 0 aliphatic heterocycles. The van der Waals surface area contributed by atoms with E-state index in [0.29, 0.717) is 12.0 Å².